The molecule has 0 saturated heterocycles. The van der Waals surface area contributed by atoms with E-state index in [1.165, 1.54) is 103 Å². The summed E-state index contributed by atoms with van der Waals surface area (Å²) in [6.07, 6.45) is 32.4. The smallest absolute Gasteiger partial charge is 0.209 e. The largest absolute Gasteiger partial charge is 0.544 e. The van der Waals surface area contributed by atoms with Crippen molar-refractivity contribution in [1.82, 2.24) is 0 Å². The zero-order chi connectivity index (χ0) is 24.9. The van der Waals surface area contributed by atoms with Crippen molar-refractivity contribution >= 4 is 11.8 Å². The van der Waals surface area contributed by atoms with Crippen LogP contribution < -0.4 is 10.8 Å². The lowest BCUT2D eigenvalue weighted by Gasteiger charge is -2.36. The van der Waals surface area contributed by atoms with Crippen LogP contribution in [-0.4, -0.2) is 29.0 Å². The van der Waals surface area contributed by atoms with Crippen LogP contribution in [0.4, 0.5) is 0 Å². The second kappa shape index (κ2) is 19.8. The zero-order valence-electron chi connectivity index (χ0n) is 22.3. The molecule has 1 rings (SSSR count). The van der Waals surface area contributed by atoms with Crippen LogP contribution in [0.25, 0.3) is 0 Å². The molecular formula is C29H53N3O2. The minimum absolute atomic E-state index is 0.103. The Hall–Kier alpha value is -1.46. The van der Waals surface area contributed by atoms with E-state index in [0.29, 0.717) is 0 Å². The lowest BCUT2D eigenvalue weighted by atomic mass is 10.0. The van der Waals surface area contributed by atoms with E-state index in [1.807, 2.05) is 6.92 Å². The van der Waals surface area contributed by atoms with Crippen LogP contribution in [0.1, 0.15) is 136 Å². The van der Waals surface area contributed by atoms with E-state index >= 15 is 0 Å². The second-order valence-corrected chi connectivity index (χ2v) is 10.1. The summed E-state index contributed by atoms with van der Waals surface area (Å²) in [6.45, 7) is 3.97. The van der Waals surface area contributed by atoms with Gasteiger partial charge in [-0.3, -0.25) is 5.73 Å². The first-order chi connectivity index (χ1) is 16.5. The van der Waals surface area contributed by atoms with E-state index in [9.17, 15) is 9.90 Å². The van der Waals surface area contributed by atoms with E-state index < -0.39 is 5.97 Å². The van der Waals surface area contributed by atoms with Crippen molar-refractivity contribution < 1.29 is 14.4 Å². The molecule has 2 unspecified atom stereocenters. The van der Waals surface area contributed by atoms with E-state index in [2.05, 4.69) is 24.1 Å². The Bertz CT molecular complexity index is 612. The maximum Gasteiger partial charge on any atom is 0.209 e. The fourth-order valence-electron chi connectivity index (χ4n) is 4.81. The Morgan fingerprint density at radius 3 is 1.82 bits per heavy atom. The number of carboxylic acid groups (broad SMARTS) is 1. The molecule has 2 N–H and O–H groups in total. The number of amidine groups is 1. The molecule has 0 bridgehead atoms. The number of quaternary nitrogens is 1. The van der Waals surface area contributed by atoms with Gasteiger partial charge in [-0.05, 0) is 32.1 Å². The number of carbonyl (C=O) groups excluding carboxylic acids is 1. The van der Waals surface area contributed by atoms with Gasteiger partial charge >= 0.3 is 0 Å². The lowest BCUT2D eigenvalue weighted by molar-refractivity contribution is -0.808. The van der Waals surface area contributed by atoms with Gasteiger partial charge < -0.3 is 9.90 Å². The first-order valence-electron chi connectivity index (χ1n) is 14.3. The molecule has 1 aliphatic heterocycles. The maximum absolute atomic E-state index is 11.2. The van der Waals surface area contributed by atoms with E-state index in [4.69, 9.17) is 5.73 Å². The summed E-state index contributed by atoms with van der Waals surface area (Å²) in [4.78, 5) is 15.6. The number of rotatable bonds is 23. The van der Waals surface area contributed by atoms with Gasteiger partial charge in [-0.25, -0.2) is 9.48 Å². The maximum atomic E-state index is 11.2. The Kier molecular flexibility index (Phi) is 17.8. The number of hydrogen-bond donors (Lipinski definition) is 1. The fourth-order valence-corrected chi connectivity index (χ4v) is 4.81. The molecule has 0 aromatic rings. The molecular weight excluding hydrogens is 422 g/mol. The van der Waals surface area contributed by atoms with Crippen molar-refractivity contribution in [2.45, 2.75) is 142 Å². The van der Waals surface area contributed by atoms with E-state index in [-0.39, 0.29) is 17.2 Å². The Morgan fingerprint density at radius 1 is 0.882 bits per heavy atom. The topological polar surface area (TPSA) is 78.5 Å². The van der Waals surface area contributed by atoms with Crippen molar-refractivity contribution in [1.29, 1.82) is 0 Å². The van der Waals surface area contributed by atoms with Crippen LogP contribution in [0, 0.1) is 0 Å². The van der Waals surface area contributed by atoms with Crippen LogP contribution in [-0.2, 0) is 4.79 Å². The van der Waals surface area contributed by atoms with Gasteiger partial charge in [0.2, 0.25) is 5.84 Å². The average molecular weight is 476 g/mol. The van der Waals surface area contributed by atoms with Crippen LogP contribution in [0.3, 0.4) is 0 Å². The number of nitrogens with two attached hydrogens (primary N) is 1. The highest BCUT2D eigenvalue weighted by atomic mass is 16.4. The minimum atomic E-state index is -1.09. The summed E-state index contributed by atoms with van der Waals surface area (Å²) >= 11 is 0. The zero-order valence-corrected chi connectivity index (χ0v) is 22.3. The normalized spacial score (nSPS) is 18.6. The molecule has 2 atom stereocenters. The third kappa shape index (κ3) is 13.4. The molecule has 0 saturated carbocycles. The van der Waals surface area contributed by atoms with Crippen LogP contribution in [0.2, 0.25) is 0 Å². The quantitative estimate of drug-likeness (QED) is 0.101. The summed E-state index contributed by atoms with van der Waals surface area (Å²) in [5.41, 5.74) is 6.09. The number of unbranched alkanes of at least 4 members (excludes halogenated alkanes) is 16. The van der Waals surface area contributed by atoms with Crippen LogP contribution in [0.5, 0.6) is 0 Å². The van der Waals surface area contributed by atoms with Crippen molar-refractivity contribution in [3.8, 4) is 0 Å². The number of hydrogen-bond acceptors (Lipinski definition) is 4. The number of aliphatic imine (C=N–C) groups is 1. The molecule has 0 fully saturated rings. The predicted octanol–water partition coefficient (Wildman–Crippen LogP) is 6.73. The molecule has 0 amide bonds. The molecule has 1 aliphatic rings. The standard InChI is InChI=1S/C29H53N3O2/c1-3-4-5-6-7-8-9-10-11-12-13-14-15-16-17-18-19-20-21-22-23-28-31-24-25-32(28,27(2)30)26-29(33)34/h15-16,24-25,27H,3-14,17-23,26,30H2,1-2H3/b16-15+. The van der Waals surface area contributed by atoms with Gasteiger partial charge in [0.05, 0.1) is 12.2 Å². The van der Waals surface area contributed by atoms with Crippen LogP contribution >= 0.6 is 0 Å². The highest BCUT2D eigenvalue weighted by molar-refractivity contribution is 5.81. The van der Waals surface area contributed by atoms with Gasteiger partial charge in [-0.1, -0.05) is 103 Å². The number of carbonyl (C=O) groups is 1. The Balaban J connectivity index is 1.93. The van der Waals surface area contributed by atoms with Gasteiger partial charge in [0.15, 0.2) is 0 Å². The number of aliphatic carboxylic acids is 1. The van der Waals surface area contributed by atoms with Crippen molar-refractivity contribution in [3.63, 3.8) is 0 Å². The molecule has 0 aliphatic carbocycles. The summed E-state index contributed by atoms with van der Waals surface area (Å²) in [5, 5.41) is 11.2. The van der Waals surface area contributed by atoms with Crippen molar-refractivity contribution in [2.75, 3.05) is 6.54 Å². The summed E-state index contributed by atoms with van der Waals surface area (Å²) < 4.78 is 0.103. The van der Waals surface area contributed by atoms with Crippen molar-refractivity contribution in [3.05, 3.63) is 24.6 Å². The molecule has 196 valence electrons. The Labute approximate surface area is 210 Å². The summed E-state index contributed by atoms with van der Waals surface area (Å²) in [5.74, 6) is -0.238. The van der Waals surface area contributed by atoms with Gasteiger partial charge in [0.1, 0.15) is 18.9 Å². The first kappa shape index (κ1) is 30.6. The molecule has 34 heavy (non-hydrogen) atoms. The monoisotopic (exact) mass is 475 g/mol. The van der Waals surface area contributed by atoms with Crippen LogP contribution in [0.15, 0.2) is 29.5 Å². The lowest BCUT2D eigenvalue weighted by Crippen LogP contribution is -2.60. The summed E-state index contributed by atoms with van der Waals surface area (Å²) in [7, 11) is 0. The SMILES string of the molecule is CCCCCCCCCCCCC/C=C/CCCCCCCC1=NC=C[N+]1(CC(=O)[O-])C(C)N. The molecule has 0 spiro atoms. The second-order valence-electron chi connectivity index (χ2n) is 10.1. The van der Waals surface area contributed by atoms with Gasteiger partial charge in [0, 0.05) is 13.3 Å². The van der Waals surface area contributed by atoms with E-state index in [1.54, 1.807) is 12.4 Å². The fraction of sp³-hybridized carbons (Fsp3) is 0.793. The highest BCUT2D eigenvalue weighted by Crippen LogP contribution is 2.23. The molecule has 0 aromatic heterocycles. The molecule has 0 radical (unpaired) electrons. The molecule has 0 aromatic carbocycles. The number of nitrogens with zero attached hydrogens (tertiary/aromatic N) is 2. The van der Waals surface area contributed by atoms with Crippen molar-refractivity contribution in [2.24, 2.45) is 10.7 Å². The van der Waals surface area contributed by atoms with E-state index in [0.717, 1.165) is 25.1 Å². The third-order valence-electron chi connectivity index (χ3n) is 7.07. The first-order valence-corrected chi connectivity index (χ1v) is 14.3. The molecule has 5 heteroatoms. The Morgan fingerprint density at radius 2 is 1.35 bits per heavy atom. The van der Waals surface area contributed by atoms with Gasteiger partial charge in [-0.15, -0.1) is 0 Å². The summed E-state index contributed by atoms with van der Waals surface area (Å²) in [6, 6.07) is 0. The number of allylic oxidation sites excluding steroid dienone is 2. The number of carboxylic acids is 1. The van der Waals surface area contributed by atoms with Gasteiger partial charge in [-0.2, -0.15) is 0 Å². The average Bonchev–Trinajstić information content (AvgIpc) is 3.20. The molecule has 1 heterocycles. The predicted molar refractivity (Wildman–Crippen MR) is 143 cm³/mol. The highest BCUT2D eigenvalue weighted by Gasteiger charge is 2.38. The third-order valence-corrected chi connectivity index (χ3v) is 7.07. The molecule has 5 nitrogen and oxygen atoms in total. The minimum Gasteiger partial charge on any atom is -0.544 e. The van der Waals surface area contributed by atoms with Gasteiger partial charge in [0.25, 0.3) is 0 Å².